The van der Waals surface area contributed by atoms with Gasteiger partial charge in [-0.25, -0.2) is 0 Å². The first-order valence-corrected chi connectivity index (χ1v) is 7.57. The maximum Gasteiger partial charge on any atom is 0.247 e. The molecule has 1 aromatic carbocycles. The average molecular weight is 302 g/mol. The number of nitrogens with zero attached hydrogens (tertiary/aromatic N) is 2. The molecular formula is C15H18N4O3. The Labute approximate surface area is 128 Å². The van der Waals surface area contributed by atoms with Crippen LogP contribution in [0.2, 0.25) is 0 Å². The van der Waals surface area contributed by atoms with Crippen molar-refractivity contribution in [3.63, 3.8) is 0 Å². The van der Waals surface area contributed by atoms with Crippen molar-refractivity contribution in [1.29, 1.82) is 0 Å². The fraction of sp³-hybridized carbons (Fsp3) is 0.467. The number of hydrogen-bond donors (Lipinski definition) is 2. The van der Waals surface area contributed by atoms with Gasteiger partial charge in [-0.3, -0.25) is 10.9 Å². The Kier molecular flexibility index (Phi) is 3.44. The molecule has 2 aromatic rings. The molecule has 2 unspecified atom stereocenters. The van der Waals surface area contributed by atoms with Crippen LogP contribution in [0.25, 0.3) is 11.5 Å². The van der Waals surface area contributed by atoms with Crippen LogP contribution < -0.4 is 20.3 Å². The molecule has 116 valence electrons. The Bertz CT molecular complexity index is 673. The van der Waals surface area contributed by atoms with Crippen molar-refractivity contribution in [2.24, 2.45) is 0 Å². The van der Waals surface area contributed by atoms with E-state index < -0.39 is 0 Å². The number of fused-ring (bicyclic) bond motifs is 1. The van der Waals surface area contributed by atoms with Crippen LogP contribution in [0, 0.1) is 0 Å². The largest absolute Gasteiger partial charge is 0.454 e. The molecule has 0 radical (unpaired) electrons. The number of hydrogen-bond acceptors (Lipinski definition) is 7. The first-order chi connectivity index (χ1) is 10.8. The first-order valence-electron chi connectivity index (χ1n) is 7.57. The highest BCUT2D eigenvalue weighted by molar-refractivity contribution is 5.60. The van der Waals surface area contributed by atoms with Crippen molar-refractivity contribution < 1.29 is 13.9 Å². The van der Waals surface area contributed by atoms with Crippen molar-refractivity contribution in [1.82, 2.24) is 21.0 Å². The Balaban J connectivity index is 1.59. The number of ether oxygens (including phenoxy) is 2. The van der Waals surface area contributed by atoms with Gasteiger partial charge in [-0.05, 0) is 24.6 Å². The van der Waals surface area contributed by atoms with Crippen LogP contribution in [-0.4, -0.2) is 29.6 Å². The van der Waals surface area contributed by atoms with E-state index in [-0.39, 0.29) is 12.7 Å². The fourth-order valence-electron chi connectivity index (χ4n) is 2.92. The van der Waals surface area contributed by atoms with E-state index in [1.807, 2.05) is 18.2 Å². The first kappa shape index (κ1) is 13.5. The third kappa shape index (κ3) is 2.32. The van der Waals surface area contributed by atoms with Gasteiger partial charge in [-0.15, -0.1) is 10.2 Å². The van der Waals surface area contributed by atoms with E-state index in [1.54, 1.807) is 0 Å². The maximum atomic E-state index is 5.89. The van der Waals surface area contributed by atoms with Gasteiger partial charge in [-0.2, -0.15) is 0 Å². The zero-order valence-electron chi connectivity index (χ0n) is 12.3. The highest BCUT2D eigenvalue weighted by atomic mass is 16.7. The van der Waals surface area contributed by atoms with Crippen LogP contribution in [0.3, 0.4) is 0 Å². The molecule has 22 heavy (non-hydrogen) atoms. The second kappa shape index (κ2) is 5.58. The van der Waals surface area contributed by atoms with E-state index in [4.69, 9.17) is 13.9 Å². The molecule has 0 saturated carbocycles. The smallest absolute Gasteiger partial charge is 0.247 e. The van der Waals surface area contributed by atoms with E-state index in [1.165, 1.54) is 0 Å². The molecule has 7 nitrogen and oxygen atoms in total. The van der Waals surface area contributed by atoms with Crippen molar-refractivity contribution in [2.45, 2.75) is 31.7 Å². The molecule has 1 fully saturated rings. The Morgan fingerprint density at radius 1 is 1.23 bits per heavy atom. The molecule has 2 N–H and O–H groups in total. The number of aromatic nitrogens is 2. The molecule has 0 bridgehead atoms. The van der Waals surface area contributed by atoms with Gasteiger partial charge in [0.05, 0.1) is 5.92 Å². The summed E-state index contributed by atoms with van der Waals surface area (Å²) >= 11 is 0. The standard InChI is InChI=1S/C15H18N4O3/c1-2-3-11-10(7-16-17-11)15-19-18-14(22-15)9-4-5-12-13(6-9)21-8-20-12/h4-6,10-11,16-17H,2-3,7-8H2,1H3. The quantitative estimate of drug-likeness (QED) is 0.891. The molecule has 7 heteroatoms. The van der Waals surface area contributed by atoms with Crippen LogP contribution in [0.1, 0.15) is 31.6 Å². The van der Waals surface area contributed by atoms with Crippen molar-refractivity contribution in [3.05, 3.63) is 24.1 Å². The van der Waals surface area contributed by atoms with Gasteiger partial charge >= 0.3 is 0 Å². The van der Waals surface area contributed by atoms with Gasteiger partial charge in [-0.1, -0.05) is 13.3 Å². The monoisotopic (exact) mass is 302 g/mol. The van der Waals surface area contributed by atoms with Crippen LogP contribution in [0.15, 0.2) is 22.6 Å². The average Bonchev–Trinajstić information content (AvgIpc) is 3.26. The molecule has 2 aliphatic rings. The second-order valence-corrected chi connectivity index (χ2v) is 5.54. The lowest BCUT2D eigenvalue weighted by molar-refractivity contribution is 0.174. The lowest BCUT2D eigenvalue weighted by Crippen LogP contribution is -2.31. The zero-order chi connectivity index (χ0) is 14.9. The molecular weight excluding hydrogens is 284 g/mol. The minimum Gasteiger partial charge on any atom is -0.454 e. The maximum absolute atomic E-state index is 5.89. The number of rotatable bonds is 4. The molecule has 4 rings (SSSR count). The Hall–Kier alpha value is -2.12. The predicted molar refractivity (Wildman–Crippen MR) is 78.4 cm³/mol. The second-order valence-electron chi connectivity index (χ2n) is 5.54. The van der Waals surface area contributed by atoms with Gasteiger partial charge in [0.15, 0.2) is 11.5 Å². The predicted octanol–water partition coefficient (Wildman–Crippen LogP) is 1.83. The molecule has 2 aliphatic heterocycles. The summed E-state index contributed by atoms with van der Waals surface area (Å²) in [5.74, 6) is 2.84. The fourth-order valence-corrected chi connectivity index (χ4v) is 2.92. The Morgan fingerprint density at radius 3 is 3.05 bits per heavy atom. The topological polar surface area (TPSA) is 81.4 Å². The highest BCUT2D eigenvalue weighted by Crippen LogP contribution is 2.36. The van der Waals surface area contributed by atoms with E-state index in [2.05, 4.69) is 28.0 Å². The van der Waals surface area contributed by atoms with Crippen molar-refractivity contribution in [2.75, 3.05) is 13.3 Å². The molecule has 1 saturated heterocycles. The third-order valence-electron chi connectivity index (χ3n) is 4.07. The zero-order valence-corrected chi connectivity index (χ0v) is 12.3. The lowest BCUT2D eigenvalue weighted by Gasteiger charge is -2.13. The van der Waals surface area contributed by atoms with Gasteiger partial charge in [0.2, 0.25) is 18.6 Å². The normalized spacial score (nSPS) is 23.1. The van der Waals surface area contributed by atoms with Gasteiger partial charge in [0.1, 0.15) is 0 Å². The highest BCUT2D eigenvalue weighted by Gasteiger charge is 2.32. The number of hydrazine groups is 1. The summed E-state index contributed by atoms with van der Waals surface area (Å²) in [5.41, 5.74) is 7.29. The van der Waals surface area contributed by atoms with Crippen molar-refractivity contribution >= 4 is 0 Å². The van der Waals surface area contributed by atoms with Crippen LogP contribution >= 0.6 is 0 Å². The molecule has 0 amide bonds. The summed E-state index contributed by atoms with van der Waals surface area (Å²) in [6, 6.07) is 5.96. The Morgan fingerprint density at radius 2 is 2.14 bits per heavy atom. The molecule has 1 aromatic heterocycles. The van der Waals surface area contributed by atoms with E-state index in [0.29, 0.717) is 23.6 Å². The SMILES string of the molecule is CCCC1NNCC1c1nnc(-c2ccc3c(c2)OCO3)o1. The molecule has 3 heterocycles. The van der Waals surface area contributed by atoms with Gasteiger partial charge in [0.25, 0.3) is 0 Å². The summed E-state index contributed by atoms with van der Waals surface area (Å²) in [5, 5.41) is 8.41. The lowest BCUT2D eigenvalue weighted by atomic mass is 9.98. The summed E-state index contributed by atoms with van der Waals surface area (Å²) in [6.07, 6.45) is 2.18. The van der Waals surface area contributed by atoms with Crippen LogP contribution in [-0.2, 0) is 0 Å². The molecule has 0 aliphatic carbocycles. The summed E-state index contributed by atoms with van der Waals surface area (Å²) < 4.78 is 16.6. The number of benzene rings is 1. The summed E-state index contributed by atoms with van der Waals surface area (Å²) in [7, 11) is 0. The third-order valence-corrected chi connectivity index (χ3v) is 4.07. The van der Waals surface area contributed by atoms with E-state index in [0.717, 1.165) is 30.7 Å². The van der Waals surface area contributed by atoms with Crippen LogP contribution in [0.4, 0.5) is 0 Å². The van der Waals surface area contributed by atoms with Crippen LogP contribution in [0.5, 0.6) is 11.5 Å². The molecule has 2 atom stereocenters. The summed E-state index contributed by atoms with van der Waals surface area (Å²) in [6.45, 7) is 3.22. The summed E-state index contributed by atoms with van der Waals surface area (Å²) in [4.78, 5) is 0. The van der Waals surface area contributed by atoms with Gasteiger partial charge < -0.3 is 13.9 Å². The van der Waals surface area contributed by atoms with E-state index in [9.17, 15) is 0 Å². The molecule has 0 spiro atoms. The minimum atomic E-state index is 0.204. The van der Waals surface area contributed by atoms with Gasteiger partial charge in [0, 0.05) is 18.2 Å². The minimum absolute atomic E-state index is 0.204. The van der Waals surface area contributed by atoms with E-state index >= 15 is 0 Å². The van der Waals surface area contributed by atoms with Crippen molar-refractivity contribution in [3.8, 4) is 23.0 Å². The number of nitrogens with one attached hydrogen (secondary N) is 2.